The van der Waals surface area contributed by atoms with Gasteiger partial charge in [-0.2, -0.15) is 0 Å². The summed E-state index contributed by atoms with van der Waals surface area (Å²) in [5.41, 5.74) is 3.86. The van der Waals surface area contributed by atoms with Crippen LogP contribution in [-0.2, 0) is 6.61 Å². The van der Waals surface area contributed by atoms with Gasteiger partial charge in [0.05, 0.1) is 0 Å². The lowest BCUT2D eigenvalue weighted by molar-refractivity contribution is 0.308. The molecule has 1 aromatic heterocycles. The number of rotatable bonds is 3. The van der Waals surface area contributed by atoms with E-state index in [-0.39, 0.29) is 0 Å². The molecule has 2 heteroatoms. The van der Waals surface area contributed by atoms with E-state index in [4.69, 9.17) is 4.74 Å². The molecule has 2 aromatic carbocycles. The molecule has 0 radical (unpaired) electrons. The summed E-state index contributed by atoms with van der Waals surface area (Å²) in [4.78, 5) is 0. The fraction of sp³-hybridized carbons (Fsp3) is 0.176. The highest BCUT2D eigenvalue weighted by atomic mass is 32.1. The van der Waals surface area contributed by atoms with Gasteiger partial charge >= 0.3 is 0 Å². The third-order valence-electron chi connectivity index (χ3n) is 3.29. The first-order valence-electron chi connectivity index (χ1n) is 6.39. The van der Waals surface area contributed by atoms with Crippen molar-refractivity contribution in [3.63, 3.8) is 0 Å². The van der Waals surface area contributed by atoms with Crippen molar-refractivity contribution >= 4 is 21.4 Å². The van der Waals surface area contributed by atoms with E-state index in [1.165, 1.54) is 26.8 Å². The van der Waals surface area contributed by atoms with Gasteiger partial charge in [0.25, 0.3) is 0 Å². The van der Waals surface area contributed by atoms with Crippen LogP contribution >= 0.6 is 11.3 Å². The summed E-state index contributed by atoms with van der Waals surface area (Å²) in [6.45, 7) is 4.87. The highest BCUT2D eigenvalue weighted by Gasteiger charge is 2.06. The van der Waals surface area contributed by atoms with Crippen LogP contribution < -0.4 is 4.74 Å². The molecule has 3 rings (SSSR count). The van der Waals surface area contributed by atoms with Gasteiger partial charge in [0.1, 0.15) is 12.4 Å². The molecule has 19 heavy (non-hydrogen) atoms. The summed E-state index contributed by atoms with van der Waals surface area (Å²) < 4.78 is 7.23. The van der Waals surface area contributed by atoms with Crippen LogP contribution in [0.1, 0.15) is 16.7 Å². The van der Waals surface area contributed by atoms with E-state index in [2.05, 4.69) is 49.6 Å². The van der Waals surface area contributed by atoms with Crippen LogP contribution in [0.2, 0.25) is 0 Å². The van der Waals surface area contributed by atoms with Crippen LogP contribution in [0.4, 0.5) is 0 Å². The summed E-state index contributed by atoms with van der Waals surface area (Å²) in [5, 5.41) is 3.52. The third-order valence-corrected chi connectivity index (χ3v) is 4.47. The molecular formula is C17H16OS. The number of hydrogen-bond donors (Lipinski definition) is 0. The fourth-order valence-electron chi connectivity index (χ4n) is 2.16. The summed E-state index contributed by atoms with van der Waals surface area (Å²) in [6.07, 6.45) is 0. The normalized spacial score (nSPS) is 10.8. The molecule has 1 nitrogen and oxygen atoms in total. The van der Waals surface area contributed by atoms with Gasteiger partial charge in [0.2, 0.25) is 0 Å². The van der Waals surface area contributed by atoms with E-state index in [1.54, 1.807) is 11.3 Å². The minimum atomic E-state index is 0.631. The SMILES string of the molecule is Cc1ccc(OCc2csc3c(C)cccc23)cc1. The molecule has 0 fully saturated rings. The smallest absolute Gasteiger partial charge is 0.119 e. The van der Waals surface area contributed by atoms with Gasteiger partial charge in [-0.3, -0.25) is 0 Å². The predicted molar refractivity (Wildman–Crippen MR) is 82.1 cm³/mol. The molecule has 0 spiro atoms. The van der Waals surface area contributed by atoms with Crippen LogP contribution in [0.3, 0.4) is 0 Å². The van der Waals surface area contributed by atoms with E-state index < -0.39 is 0 Å². The number of hydrogen-bond acceptors (Lipinski definition) is 2. The molecule has 0 aliphatic heterocycles. The third kappa shape index (κ3) is 2.49. The van der Waals surface area contributed by atoms with Crippen molar-refractivity contribution in [2.45, 2.75) is 20.5 Å². The van der Waals surface area contributed by atoms with Gasteiger partial charge in [-0.1, -0.05) is 35.9 Å². The number of thiophene rings is 1. The number of aryl methyl sites for hydroxylation is 2. The molecule has 0 aliphatic carbocycles. The second-order valence-corrected chi connectivity index (χ2v) is 5.69. The summed E-state index contributed by atoms with van der Waals surface area (Å²) in [5.74, 6) is 0.928. The van der Waals surface area contributed by atoms with E-state index in [9.17, 15) is 0 Å². The number of ether oxygens (including phenoxy) is 1. The van der Waals surface area contributed by atoms with Crippen molar-refractivity contribution < 1.29 is 4.74 Å². The quantitative estimate of drug-likeness (QED) is 0.642. The molecule has 0 bridgehead atoms. The Morgan fingerprint density at radius 3 is 2.58 bits per heavy atom. The van der Waals surface area contributed by atoms with Crippen LogP contribution in [-0.4, -0.2) is 0 Å². The maximum absolute atomic E-state index is 5.86. The first kappa shape index (κ1) is 12.2. The van der Waals surface area contributed by atoms with Crippen molar-refractivity contribution in [2.24, 2.45) is 0 Å². The molecule has 0 unspecified atom stereocenters. The Balaban J connectivity index is 1.82. The highest BCUT2D eigenvalue weighted by molar-refractivity contribution is 7.17. The molecule has 1 heterocycles. The summed E-state index contributed by atoms with van der Waals surface area (Å²) >= 11 is 1.80. The zero-order valence-electron chi connectivity index (χ0n) is 11.1. The van der Waals surface area contributed by atoms with Gasteiger partial charge in [0.15, 0.2) is 0 Å². The molecule has 0 saturated carbocycles. The van der Waals surface area contributed by atoms with Crippen molar-refractivity contribution in [2.75, 3.05) is 0 Å². The van der Waals surface area contributed by atoms with Gasteiger partial charge in [-0.05, 0) is 42.3 Å². The average molecular weight is 268 g/mol. The molecule has 0 saturated heterocycles. The van der Waals surface area contributed by atoms with Gasteiger partial charge < -0.3 is 4.74 Å². The maximum Gasteiger partial charge on any atom is 0.119 e. The summed E-state index contributed by atoms with van der Waals surface area (Å²) in [7, 11) is 0. The molecule has 0 amide bonds. The molecule has 0 N–H and O–H groups in total. The standard InChI is InChI=1S/C17H16OS/c1-12-6-8-15(9-7-12)18-10-14-11-19-17-13(2)4-3-5-16(14)17/h3-9,11H,10H2,1-2H3. The van der Waals surface area contributed by atoms with E-state index >= 15 is 0 Å². The minimum Gasteiger partial charge on any atom is -0.489 e. The topological polar surface area (TPSA) is 9.23 Å². The second-order valence-electron chi connectivity index (χ2n) is 4.81. The average Bonchev–Trinajstić information content (AvgIpc) is 2.83. The van der Waals surface area contributed by atoms with Crippen LogP contribution in [0.15, 0.2) is 47.8 Å². The fourth-order valence-corrected chi connectivity index (χ4v) is 3.20. The van der Waals surface area contributed by atoms with Crippen LogP contribution in [0, 0.1) is 13.8 Å². The number of benzene rings is 2. The van der Waals surface area contributed by atoms with E-state index in [0.29, 0.717) is 6.61 Å². The Morgan fingerprint density at radius 2 is 1.79 bits per heavy atom. The zero-order chi connectivity index (χ0) is 13.2. The Kier molecular flexibility index (Phi) is 3.26. The molecule has 3 aromatic rings. The first-order valence-corrected chi connectivity index (χ1v) is 7.27. The maximum atomic E-state index is 5.86. The summed E-state index contributed by atoms with van der Waals surface area (Å²) in [6, 6.07) is 14.6. The zero-order valence-corrected chi connectivity index (χ0v) is 12.0. The molecule has 0 aliphatic rings. The number of fused-ring (bicyclic) bond motifs is 1. The highest BCUT2D eigenvalue weighted by Crippen LogP contribution is 2.29. The van der Waals surface area contributed by atoms with Crippen LogP contribution in [0.25, 0.3) is 10.1 Å². The monoisotopic (exact) mass is 268 g/mol. The molecule has 96 valence electrons. The van der Waals surface area contributed by atoms with E-state index in [1.807, 2.05) is 12.1 Å². The molecular weight excluding hydrogens is 252 g/mol. The Hall–Kier alpha value is -1.80. The second kappa shape index (κ2) is 5.06. The Bertz CT molecular complexity index is 695. The largest absolute Gasteiger partial charge is 0.489 e. The van der Waals surface area contributed by atoms with Gasteiger partial charge in [-0.25, -0.2) is 0 Å². The molecule has 0 atom stereocenters. The van der Waals surface area contributed by atoms with Gasteiger partial charge in [0, 0.05) is 10.3 Å². The van der Waals surface area contributed by atoms with Crippen molar-refractivity contribution in [3.05, 3.63) is 64.5 Å². The van der Waals surface area contributed by atoms with E-state index in [0.717, 1.165) is 5.75 Å². The van der Waals surface area contributed by atoms with Crippen molar-refractivity contribution in [3.8, 4) is 5.75 Å². The Morgan fingerprint density at radius 1 is 1.00 bits per heavy atom. The Labute approximate surface area is 117 Å². The predicted octanol–water partition coefficient (Wildman–Crippen LogP) is 5.10. The van der Waals surface area contributed by atoms with Crippen molar-refractivity contribution in [1.82, 2.24) is 0 Å². The van der Waals surface area contributed by atoms with Crippen molar-refractivity contribution in [1.29, 1.82) is 0 Å². The van der Waals surface area contributed by atoms with Crippen LogP contribution in [0.5, 0.6) is 5.75 Å². The first-order chi connectivity index (χ1) is 9.24. The lowest BCUT2D eigenvalue weighted by Gasteiger charge is -2.06. The minimum absolute atomic E-state index is 0.631. The lowest BCUT2D eigenvalue weighted by Crippen LogP contribution is -1.94. The lowest BCUT2D eigenvalue weighted by atomic mass is 10.1. The van der Waals surface area contributed by atoms with Gasteiger partial charge in [-0.15, -0.1) is 11.3 Å².